The van der Waals surface area contributed by atoms with Crippen molar-refractivity contribution in [2.24, 2.45) is 0 Å². The number of aryl methyl sites for hydroxylation is 1. The summed E-state index contributed by atoms with van der Waals surface area (Å²) in [4.78, 5) is 3.23. The van der Waals surface area contributed by atoms with Crippen LogP contribution in [-0.4, -0.2) is 15.2 Å². The SMILES string of the molecule is Cc1cc2c(nn1)[nH]c1ccccc12. The maximum absolute atomic E-state index is 4.11. The molecule has 3 heteroatoms. The van der Waals surface area contributed by atoms with Crippen LogP contribution in [0.2, 0.25) is 0 Å². The second-order valence-electron chi connectivity index (χ2n) is 3.42. The zero-order valence-electron chi connectivity index (χ0n) is 7.78. The molecule has 0 radical (unpaired) electrons. The van der Waals surface area contributed by atoms with Gasteiger partial charge in [-0.05, 0) is 19.1 Å². The van der Waals surface area contributed by atoms with Gasteiger partial charge in [0.2, 0.25) is 0 Å². The molecule has 0 unspecified atom stereocenters. The highest BCUT2D eigenvalue weighted by molar-refractivity contribution is 6.05. The third kappa shape index (κ3) is 0.923. The molecule has 1 aromatic carbocycles. The fourth-order valence-electron chi connectivity index (χ4n) is 1.74. The van der Waals surface area contributed by atoms with E-state index in [4.69, 9.17) is 0 Å². The Morgan fingerprint density at radius 3 is 2.86 bits per heavy atom. The van der Waals surface area contributed by atoms with Gasteiger partial charge in [0.15, 0.2) is 5.65 Å². The molecule has 0 amide bonds. The summed E-state index contributed by atoms with van der Waals surface area (Å²) in [5.41, 5.74) is 2.92. The predicted octanol–water partition coefficient (Wildman–Crippen LogP) is 2.42. The normalized spacial score (nSPS) is 11.2. The van der Waals surface area contributed by atoms with Crippen LogP contribution in [0.15, 0.2) is 30.3 Å². The lowest BCUT2D eigenvalue weighted by Gasteiger charge is -1.90. The summed E-state index contributed by atoms with van der Waals surface area (Å²) in [6, 6.07) is 10.2. The number of nitrogens with one attached hydrogen (secondary N) is 1. The van der Waals surface area contributed by atoms with Crippen LogP contribution in [0.5, 0.6) is 0 Å². The molecule has 1 N–H and O–H groups in total. The number of aromatic nitrogens is 3. The smallest absolute Gasteiger partial charge is 0.161 e. The largest absolute Gasteiger partial charge is 0.338 e. The molecule has 3 rings (SSSR count). The fraction of sp³-hybridized carbons (Fsp3) is 0.0909. The number of nitrogens with zero attached hydrogens (tertiary/aromatic N) is 2. The van der Waals surface area contributed by atoms with Gasteiger partial charge in [-0.2, -0.15) is 5.10 Å². The first kappa shape index (κ1) is 7.50. The highest BCUT2D eigenvalue weighted by atomic mass is 15.1. The average molecular weight is 183 g/mol. The van der Waals surface area contributed by atoms with Crippen LogP contribution < -0.4 is 0 Å². The van der Waals surface area contributed by atoms with Gasteiger partial charge in [0, 0.05) is 16.3 Å². The monoisotopic (exact) mass is 183 g/mol. The number of fused-ring (bicyclic) bond motifs is 3. The van der Waals surface area contributed by atoms with E-state index in [0.29, 0.717) is 0 Å². The number of para-hydroxylation sites is 1. The molecule has 2 aromatic heterocycles. The molecule has 3 nitrogen and oxygen atoms in total. The number of H-pyrrole nitrogens is 1. The number of hydrogen-bond acceptors (Lipinski definition) is 2. The lowest BCUT2D eigenvalue weighted by atomic mass is 10.2. The molecule has 0 saturated heterocycles. The van der Waals surface area contributed by atoms with Gasteiger partial charge in [0.05, 0.1) is 5.69 Å². The maximum atomic E-state index is 4.11. The van der Waals surface area contributed by atoms with E-state index in [1.807, 2.05) is 25.1 Å². The molecule has 2 heterocycles. The first-order valence-electron chi connectivity index (χ1n) is 4.55. The molecular formula is C11H9N3. The summed E-state index contributed by atoms with van der Waals surface area (Å²) in [7, 11) is 0. The number of benzene rings is 1. The quantitative estimate of drug-likeness (QED) is 0.581. The average Bonchev–Trinajstić information content (AvgIpc) is 2.56. The van der Waals surface area contributed by atoms with Crippen LogP contribution in [-0.2, 0) is 0 Å². The minimum atomic E-state index is 0.858. The van der Waals surface area contributed by atoms with Crippen LogP contribution in [0.4, 0.5) is 0 Å². The minimum absolute atomic E-state index is 0.858. The van der Waals surface area contributed by atoms with E-state index in [9.17, 15) is 0 Å². The topological polar surface area (TPSA) is 41.6 Å². The van der Waals surface area contributed by atoms with Crippen LogP contribution in [0.3, 0.4) is 0 Å². The van der Waals surface area contributed by atoms with E-state index < -0.39 is 0 Å². The van der Waals surface area contributed by atoms with E-state index >= 15 is 0 Å². The Labute approximate surface area is 80.8 Å². The molecule has 14 heavy (non-hydrogen) atoms. The Morgan fingerprint density at radius 2 is 1.93 bits per heavy atom. The Bertz CT molecular complexity index is 610. The van der Waals surface area contributed by atoms with E-state index in [1.54, 1.807) is 0 Å². The molecule has 0 spiro atoms. The van der Waals surface area contributed by atoms with Crippen LogP contribution in [0.25, 0.3) is 21.9 Å². The zero-order valence-corrected chi connectivity index (χ0v) is 7.78. The molecule has 3 aromatic rings. The number of hydrogen-bond donors (Lipinski definition) is 1. The molecule has 0 aliphatic rings. The van der Waals surface area contributed by atoms with Gasteiger partial charge < -0.3 is 4.98 Å². The predicted molar refractivity (Wildman–Crippen MR) is 56.1 cm³/mol. The van der Waals surface area contributed by atoms with Crippen molar-refractivity contribution in [2.75, 3.05) is 0 Å². The number of aromatic amines is 1. The van der Waals surface area contributed by atoms with Gasteiger partial charge in [-0.15, -0.1) is 5.10 Å². The van der Waals surface area contributed by atoms with E-state index in [-0.39, 0.29) is 0 Å². The van der Waals surface area contributed by atoms with Crippen molar-refractivity contribution in [2.45, 2.75) is 6.92 Å². The van der Waals surface area contributed by atoms with Gasteiger partial charge in [-0.25, -0.2) is 0 Å². The van der Waals surface area contributed by atoms with Crippen LogP contribution >= 0.6 is 0 Å². The molecular weight excluding hydrogens is 174 g/mol. The fourth-order valence-corrected chi connectivity index (χ4v) is 1.74. The van der Waals surface area contributed by atoms with Crippen LogP contribution in [0, 0.1) is 6.92 Å². The Balaban J connectivity index is 2.58. The van der Waals surface area contributed by atoms with Crippen molar-refractivity contribution < 1.29 is 0 Å². The van der Waals surface area contributed by atoms with Crippen molar-refractivity contribution in [3.05, 3.63) is 36.0 Å². The molecule has 68 valence electrons. The third-order valence-corrected chi connectivity index (χ3v) is 2.39. The summed E-state index contributed by atoms with van der Waals surface area (Å²) in [6.07, 6.45) is 0. The molecule has 0 atom stereocenters. The van der Waals surface area contributed by atoms with Crippen LogP contribution in [0.1, 0.15) is 5.69 Å². The lowest BCUT2D eigenvalue weighted by molar-refractivity contribution is 1.01. The zero-order chi connectivity index (χ0) is 9.54. The maximum Gasteiger partial charge on any atom is 0.161 e. The standard InChI is InChI=1S/C11H9N3/c1-7-6-9-8-4-2-3-5-10(8)12-11(9)14-13-7/h2-6H,1H3,(H,12,14). The lowest BCUT2D eigenvalue weighted by Crippen LogP contribution is -1.85. The Kier molecular flexibility index (Phi) is 1.36. The van der Waals surface area contributed by atoms with Crippen molar-refractivity contribution >= 4 is 21.9 Å². The second kappa shape index (κ2) is 2.54. The first-order valence-corrected chi connectivity index (χ1v) is 4.55. The molecule has 0 aliphatic carbocycles. The first-order chi connectivity index (χ1) is 6.84. The van der Waals surface area contributed by atoms with Gasteiger partial charge in [0.1, 0.15) is 0 Å². The third-order valence-electron chi connectivity index (χ3n) is 2.39. The summed E-state index contributed by atoms with van der Waals surface area (Å²) in [5, 5.41) is 10.5. The summed E-state index contributed by atoms with van der Waals surface area (Å²) in [6.45, 7) is 1.95. The molecule has 0 aliphatic heterocycles. The van der Waals surface area contributed by atoms with Gasteiger partial charge in [0.25, 0.3) is 0 Å². The van der Waals surface area contributed by atoms with Crippen molar-refractivity contribution in [3.63, 3.8) is 0 Å². The van der Waals surface area contributed by atoms with E-state index in [0.717, 1.165) is 22.2 Å². The van der Waals surface area contributed by atoms with Gasteiger partial charge in [-0.3, -0.25) is 0 Å². The van der Waals surface area contributed by atoms with E-state index in [2.05, 4.69) is 27.3 Å². The Morgan fingerprint density at radius 1 is 1.07 bits per heavy atom. The molecule has 0 bridgehead atoms. The summed E-state index contributed by atoms with van der Waals surface area (Å²) in [5.74, 6) is 0. The number of rotatable bonds is 0. The van der Waals surface area contributed by atoms with Gasteiger partial charge >= 0.3 is 0 Å². The van der Waals surface area contributed by atoms with Crippen molar-refractivity contribution in [1.82, 2.24) is 15.2 Å². The second-order valence-corrected chi connectivity index (χ2v) is 3.42. The van der Waals surface area contributed by atoms with Gasteiger partial charge in [-0.1, -0.05) is 18.2 Å². The van der Waals surface area contributed by atoms with Crippen molar-refractivity contribution in [3.8, 4) is 0 Å². The summed E-state index contributed by atoms with van der Waals surface area (Å²) >= 11 is 0. The van der Waals surface area contributed by atoms with E-state index in [1.165, 1.54) is 5.39 Å². The van der Waals surface area contributed by atoms with Crippen molar-refractivity contribution in [1.29, 1.82) is 0 Å². The minimum Gasteiger partial charge on any atom is -0.338 e. The molecule has 0 fully saturated rings. The Hall–Kier alpha value is -1.90. The highest BCUT2D eigenvalue weighted by Gasteiger charge is 2.04. The highest BCUT2D eigenvalue weighted by Crippen LogP contribution is 2.23. The summed E-state index contributed by atoms with van der Waals surface area (Å²) < 4.78 is 0. The molecule has 0 saturated carbocycles.